The van der Waals surface area contributed by atoms with E-state index < -0.39 is 0 Å². The van der Waals surface area contributed by atoms with Crippen LogP contribution in [0, 0.1) is 0 Å². The number of nitrogens with one attached hydrogen (secondary N) is 1. The molecule has 3 heteroatoms. The van der Waals surface area contributed by atoms with Crippen LogP contribution >= 0.6 is 11.6 Å². The van der Waals surface area contributed by atoms with Crippen LogP contribution in [0.4, 0.5) is 0 Å². The van der Waals surface area contributed by atoms with Crippen molar-refractivity contribution in [1.29, 1.82) is 0 Å². The van der Waals surface area contributed by atoms with Gasteiger partial charge in [0, 0.05) is 12.3 Å². The van der Waals surface area contributed by atoms with Gasteiger partial charge < -0.3 is 5.32 Å². The van der Waals surface area contributed by atoms with Crippen LogP contribution in [0.5, 0.6) is 0 Å². The molecule has 0 heterocycles. The number of rotatable bonds is 5. The summed E-state index contributed by atoms with van der Waals surface area (Å²) in [5, 5.41) is 3.04. The van der Waals surface area contributed by atoms with Crippen LogP contribution in [0.2, 0.25) is 0 Å². The molecule has 1 saturated carbocycles. The molecule has 13 heavy (non-hydrogen) atoms. The molecule has 0 unspecified atom stereocenters. The summed E-state index contributed by atoms with van der Waals surface area (Å²) in [6, 6.07) is 0. The van der Waals surface area contributed by atoms with E-state index in [1.54, 1.807) is 0 Å². The van der Waals surface area contributed by atoms with Gasteiger partial charge in [0.1, 0.15) is 0 Å². The Kier molecular flexibility index (Phi) is 4.04. The summed E-state index contributed by atoms with van der Waals surface area (Å²) in [7, 11) is 0. The van der Waals surface area contributed by atoms with Crippen molar-refractivity contribution in [1.82, 2.24) is 5.32 Å². The Hall–Kier alpha value is -0.240. The highest BCUT2D eigenvalue weighted by atomic mass is 35.5. The first kappa shape index (κ1) is 10.8. The van der Waals surface area contributed by atoms with Crippen LogP contribution in [0.25, 0.3) is 0 Å². The lowest BCUT2D eigenvalue weighted by molar-refractivity contribution is -0.123. The SMILES string of the molecule is CCCCC(=O)NC1(CCl)CCC1. The Balaban J connectivity index is 2.25. The van der Waals surface area contributed by atoms with Crippen molar-refractivity contribution in [2.24, 2.45) is 0 Å². The van der Waals surface area contributed by atoms with Gasteiger partial charge in [-0.25, -0.2) is 0 Å². The van der Waals surface area contributed by atoms with Crippen LogP contribution in [0.15, 0.2) is 0 Å². The molecule has 0 bridgehead atoms. The molecule has 0 aliphatic heterocycles. The molecule has 1 aliphatic carbocycles. The first-order valence-electron chi connectivity index (χ1n) is 5.09. The summed E-state index contributed by atoms with van der Waals surface area (Å²) in [6.07, 6.45) is 5.99. The third-order valence-electron chi connectivity index (χ3n) is 2.73. The van der Waals surface area contributed by atoms with E-state index in [-0.39, 0.29) is 11.4 Å². The maximum Gasteiger partial charge on any atom is 0.220 e. The molecule has 0 radical (unpaired) electrons. The van der Waals surface area contributed by atoms with Crippen molar-refractivity contribution in [3.63, 3.8) is 0 Å². The molecule has 0 aromatic heterocycles. The average molecular weight is 204 g/mol. The van der Waals surface area contributed by atoms with Gasteiger partial charge in [0.05, 0.1) is 5.54 Å². The van der Waals surface area contributed by atoms with Crippen molar-refractivity contribution in [3.8, 4) is 0 Å². The Bertz CT molecular complexity index is 172. The van der Waals surface area contributed by atoms with E-state index in [1.165, 1.54) is 6.42 Å². The van der Waals surface area contributed by atoms with Gasteiger partial charge in [0.25, 0.3) is 0 Å². The molecule has 0 atom stereocenters. The lowest BCUT2D eigenvalue weighted by atomic mass is 9.78. The molecular formula is C10H18ClNO. The second kappa shape index (κ2) is 4.85. The highest BCUT2D eigenvalue weighted by Crippen LogP contribution is 2.32. The minimum Gasteiger partial charge on any atom is -0.349 e. The fourth-order valence-corrected chi connectivity index (χ4v) is 1.93. The first-order valence-corrected chi connectivity index (χ1v) is 5.63. The van der Waals surface area contributed by atoms with E-state index in [2.05, 4.69) is 12.2 Å². The third kappa shape index (κ3) is 2.87. The predicted octanol–water partition coefficient (Wildman–Crippen LogP) is 2.45. The summed E-state index contributed by atoms with van der Waals surface area (Å²) >= 11 is 5.82. The largest absolute Gasteiger partial charge is 0.349 e. The fourth-order valence-electron chi connectivity index (χ4n) is 1.59. The zero-order valence-corrected chi connectivity index (χ0v) is 8.99. The second-order valence-corrected chi connectivity index (χ2v) is 4.19. The topological polar surface area (TPSA) is 29.1 Å². The van der Waals surface area contributed by atoms with E-state index in [9.17, 15) is 4.79 Å². The quantitative estimate of drug-likeness (QED) is 0.684. The van der Waals surface area contributed by atoms with Crippen molar-refractivity contribution in [2.45, 2.75) is 51.0 Å². The molecule has 2 nitrogen and oxygen atoms in total. The lowest BCUT2D eigenvalue weighted by Gasteiger charge is -2.41. The van der Waals surface area contributed by atoms with Gasteiger partial charge in [0.2, 0.25) is 5.91 Å². The summed E-state index contributed by atoms with van der Waals surface area (Å²) in [5.41, 5.74) is -0.0492. The lowest BCUT2D eigenvalue weighted by Crippen LogP contribution is -2.54. The molecule has 0 spiro atoms. The summed E-state index contributed by atoms with van der Waals surface area (Å²) in [6.45, 7) is 2.09. The number of alkyl halides is 1. The maximum atomic E-state index is 11.4. The van der Waals surface area contributed by atoms with Gasteiger partial charge in [-0.2, -0.15) is 0 Å². The van der Waals surface area contributed by atoms with Crippen LogP contribution in [-0.4, -0.2) is 17.3 Å². The van der Waals surface area contributed by atoms with Crippen LogP contribution in [0.3, 0.4) is 0 Å². The highest BCUT2D eigenvalue weighted by molar-refractivity contribution is 6.18. The van der Waals surface area contributed by atoms with Gasteiger partial charge in [0.15, 0.2) is 0 Å². The minimum atomic E-state index is -0.0492. The molecule has 1 rings (SSSR count). The molecule has 1 fully saturated rings. The van der Waals surface area contributed by atoms with E-state index >= 15 is 0 Å². The average Bonchev–Trinajstić information content (AvgIpc) is 2.08. The number of hydrogen-bond acceptors (Lipinski definition) is 1. The zero-order chi connectivity index (χ0) is 9.73. The number of amides is 1. The Morgan fingerprint density at radius 1 is 1.54 bits per heavy atom. The van der Waals surface area contributed by atoms with E-state index in [0.717, 1.165) is 25.7 Å². The van der Waals surface area contributed by atoms with Crippen molar-refractivity contribution < 1.29 is 4.79 Å². The molecule has 0 aromatic carbocycles. The fraction of sp³-hybridized carbons (Fsp3) is 0.900. The molecule has 0 saturated heterocycles. The summed E-state index contributed by atoms with van der Waals surface area (Å²) < 4.78 is 0. The first-order chi connectivity index (χ1) is 6.22. The third-order valence-corrected chi connectivity index (χ3v) is 3.24. The Morgan fingerprint density at radius 3 is 2.62 bits per heavy atom. The molecule has 1 aliphatic rings. The highest BCUT2D eigenvalue weighted by Gasteiger charge is 2.37. The van der Waals surface area contributed by atoms with Gasteiger partial charge in [-0.1, -0.05) is 13.3 Å². The standard InChI is InChI=1S/C10H18ClNO/c1-2-3-5-9(13)12-10(8-11)6-4-7-10/h2-8H2,1H3,(H,12,13). The summed E-state index contributed by atoms with van der Waals surface area (Å²) in [5.74, 6) is 0.729. The monoisotopic (exact) mass is 203 g/mol. The number of carbonyl (C=O) groups is 1. The number of carbonyl (C=O) groups excluding carboxylic acids is 1. The van der Waals surface area contributed by atoms with Gasteiger partial charge >= 0.3 is 0 Å². The number of hydrogen-bond donors (Lipinski definition) is 1. The van der Waals surface area contributed by atoms with E-state index in [4.69, 9.17) is 11.6 Å². The second-order valence-electron chi connectivity index (χ2n) is 3.92. The maximum absolute atomic E-state index is 11.4. The number of unbranched alkanes of at least 4 members (excludes halogenated alkanes) is 1. The molecular weight excluding hydrogens is 186 g/mol. The zero-order valence-electron chi connectivity index (χ0n) is 8.24. The number of halogens is 1. The van der Waals surface area contributed by atoms with Gasteiger partial charge in [-0.15, -0.1) is 11.6 Å². The van der Waals surface area contributed by atoms with Crippen molar-refractivity contribution in [2.75, 3.05) is 5.88 Å². The Labute approximate surface area is 85.0 Å². The van der Waals surface area contributed by atoms with Crippen molar-refractivity contribution in [3.05, 3.63) is 0 Å². The summed E-state index contributed by atoms with van der Waals surface area (Å²) in [4.78, 5) is 11.4. The molecule has 76 valence electrons. The molecule has 1 N–H and O–H groups in total. The van der Waals surface area contributed by atoms with Crippen LogP contribution in [0.1, 0.15) is 45.4 Å². The Morgan fingerprint density at radius 2 is 2.23 bits per heavy atom. The van der Waals surface area contributed by atoms with Crippen LogP contribution < -0.4 is 5.32 Å². The predicted molar refractivity (Wildman–Crippen MR) is 55.0 cm³/mol. The smallest absolute Gasteiger partial charge is 0.220 e. The van der Waals surface area contributed by atoms with Crippen LogP contribution in [-0.2, 0) is 4.79 Å². The molecule has 1 amide bonds. The minimum absolute atomic E-state index is 0.0492. The molecule has 0 aromatic rings. The van der Waals surface area contributed by atoms with Gasteiger partial charge in [-0.3, -0.25) is 4.79 Å². The van der Waals surface area contributed by atoms with E-state index in [0.29, 0.717) is 12.3 Å². The van der Waals surface area contributed by atoms with Crippen molar-refractivity contribution >= 4 is 17.5 Å². The normalized spacial score (nSPS) is 19.2. The van der Waals surface area contributed by atoms with E-state index in [1.807, 2.05) is 0 Å². The van der Waals surface area contributed by atoms with Gasteiger partial charge in [-0.05, 0) is 25.7 Å².